The van der Waals surface area contributed by atoms with Crippen LogP contribution in [-0.4, -0.2) is 65.5 Å². The van der Waals surface area contributed by atoms with E-state index in [0.717, 1.165) is 31.6 Å². The third kappa shape index (κ3) is 5.00. The predicted octanol–water partition coefficient (Wildman–Crippen LogP) is 3.13. The van der Waals surface area contributed by atoms with E-state index in [1.54, 1.807) is 4.90 Å². The Kier molecular flexibility index (Phi) is 6.64. The van der Waals surface area contributed by atoms with Crippen LogP contribution in [0, 0.1) is 0 Å². The number of piperazine rings is 1. The van der Waals surface area contributed by atoms with Crippen molar-refractivity contribution < 1.29 is 14.3 Å². The highest BCUT2D eigenvalue weighted by Crippen LogP contribution is 2.22. The largest absolute Gasteiger partial charge is 0.445 e. The number of carbonyl (C=O) groups is 2. The molecule has 158 valence electrons. The van der Waals surface area contributed by atoms with Gasteiger partial charge in [0.15, 0.2) is 0 Å². The van der Waals surface area contributed by atoms with Gasteiger partial charge in [0.2, 0.25) is 5.91 Å². The maximum absolute atomic E-state index is 13.1. The normalized spacial score (nSPS) is 19.7. The van der Waals surface area contributed by atoms with Crippen molar-refractivity contribution in [3.63, 3.8) is 0 Å². The quantitative estimate of drug-likeness (QED) is 0.764. The first-order valence-electron chi connectivity index (χ1n) is 10.7. The van der Waals surface area contributed by atoms with Gasteiger partial charge in [-0.2, -0.15) is 0 Å². The number of benzene rings is 2. The van der Waals surface area contributed by atoms with Gasteiger partial charge in [-0.1, -0.05) is 60.7 Å². The lowest BCUT2D eigenvalue weighted by Crippen LogP contribution is -2.54. The minimum absolute atomic E-state index is 0.0588. The minimum atomic E-state index is -0.394. The molecule has 6 heteroatoms. The van der Waals surface area contributed by atoms with Gasteiger partial charge in [0, 0.05) is 39.3 Å². The van der Waals surface area contributed by atoms with Crippen molar-refractivity contribution in [3.05, 3.63) is 71.8 Å². The summed E-state index contributed by atoms with van der Waals surface area (Å²) in [7, 11) is 0. The van der Waals surface area contributed by atoms with Crippen molar-refractivity contribution >= 4 is 12.0 Å². The zero-order valence-corrected chi connectivity index (χ0v) is 17.3. The third-order valence-corrected chi connectivity index (χ3v) is 5.91. The summed E-state index contributed by atoms with van der Waals surface area (Å²) >= 11 is 0. The minimum Gasteiger partial charge on any atom is -0.445 e. The molecule has 2 aliphatic rings. The molecule has 2 heterocycles. The number of rotatable bonds is 5. The Balaban J connectivity index is 1.28. The second kappa shape index (κ2) is 9.76. The summed E-state index contributed by atoms with van der Waals surface area (Å²) < 4.78 is 5.47. The van der Waals surface area contributed by atoms with E-state index >= 15 is 0 Å². The zero-order valence-electron chi connectivity index (χ0n) is 17.3. The van der Waals surface area contributed by atoms with Crippen LogP contribution in [0.3, 0.4) is 0 Å². The molecule has 0 aliphatic carbocycles. The first kappa shape index (κ1) is 20.4. The topological polar surface area (TPSA) is 53.1 Å². The van der Waals surface area contributed by atoms with Crippen LogP contribution < -0.4 is 0 Å². The Morgan fingerprint density at radius 1 is 0.833 bits per heavy atom. The smallest absolute Gasteiger partial charge is 0.410 e. The molecule has 2 aromatic carbocycles. The molecule has 0 N–H and O–H groups in total. The van der Waals surface area contributed by atoms with Crippen LogP contribution in [0.5, 0.6) is 0 Å². The van der Waals surface area contributed by atoms with Gasteiger partial charge in [0.05, 0.1) is 0 Å². The summed E-state index contributed by atoms with van der Waals surface area (Å²) in [4.78, 5) is 31.6. The fraction of sp³-hybridized carbons (Fsp3) is 0.417. The van der Waals surface area contributed by atoms with Crippen LogP contribution in [0.2, 0.25) is 0 Å². The average Bonchev–Trinajstić information content (AvgIpc) is 3.29. The van der Waals surface area contributed by atoms with Crippen molar-refractivity contribution in [2.24, 2.45) is 0 Å². The van der Waals surface area contributed by atoms with Gasteiger partial charge in [-0.05, 0) is 24.0 Å². The molecular weight excluding hydrogens is 378 g/mol. The van der Waals surface area contributed by atoms with Gasteiger partial charge in [-0.15, -0.1) is 0 Å². The summed E-state index contributed by atoms with van der Waals surface area (Å²) in [5, 5.41) is 0. The van der Waals surface area contributed by atoms with Crippen LogP contribution in [0.4, 0.5) is 4.79 Å². The van der Waals surface area contributed by atoms with Gasteiger partial charge in [-0.3, -0.25) is 14.6 Å². The number of hydrogen-bond acceptors (Lipinski definition) is 4. The molecule has 0 bridgehead atoms. The first-order valence-corrected chi connectivity index (χ1v) is 10.7. The number of hydrogen-bond donors (Lipinski definition) is 0. The van der Waals surface area contributed by atoms with E-state index in [-0.39, 0.29) is 12.5 Å². The molecule has 0 radical (unpaired) electrons. The molecule has 0 aromatic heterocycles. The van der Waals surface area contributed by atoms with E-state index in [4.69, 9.17) is 4.74 Å². The molecular formula is C24H29N3O3. The number of amides is 2. The lowest BCUT2D eigenvalue weighted by atomic mass is 10.1. The second-order valence-corrected chi connectivity index (χ2v) is 7.98. The number of nitrogens with zero attached hydrogens (tertiary/aromatic N) is 3. The van der Waals surface area contributed by atoms with E-state index in [1.165, 1.54) is 5.56 Å². The van der Waals surface area contributed by atoms with Crippen molar-refractivity contribution in [2.75, 3.05) is 32.7 Å². The number of likely N-dealkylation sites (tertiary alicyclic amines) is 1. The summed E-state index contributed by atoms with van der Waals surface area (Å²) in [6.45, 7) is 4.83. The molecule has 2 aromatic rings. The van der Waals surface area contributed by atoms with Gasteiger partial charge < -0.3 is 9.64 Å². The Bertz CT molecular complexity index is 835. The summed E-state index contributed by atoms with van der Waals surface area (Å²) in [5.74, 6) is 0.0588. The molecule has 0 saturated carbocycles. The highest BCUT2D eigenvalue weighted by Gasteiger charge is 2.38. The monoisotopic (exact) mass is 407 g/mol. The molecule has 1 unspecified atom stereocenters. The van der Waals surface area contributed by atoms with Crippen LogP contribution in [-0.2, 0) is 22.7 Å². The fourth-order valence-electron chi connectivity index (χ4n) is 4.22. The Morgan fingerprint density at radius 3 is 2.13 bits per heavy atom. The van der Waals surface area contributed by atoms with E-state index in [1.807, 2.05) is 41.3 Å². The zero-order chi connectivity index (χ0) is 20.8. The average molecular weight is 408 g/mol. The predicted molar refractivity (Wildman–Crippen MR) is 115 cm³/mol. The standard InChI is InChI=1S/C24H29N3O3/c28-23(26-16-14-25(15-17-26)18-20-8-3-1-4-9-20)22-12-7-13-27(22)24(29)30-19-21-10-5-2-6-11-21/h1-6,8-11,22H,7,12-19H2. The molecule has 2 aliphatic heterocycles. The highest BCUT2D eigenvalue weighted by atomic mass is 16.6. The number of ether oxygens (including phenoxy) is 1. The summed E-state index contributed by atoms with van der Waals surface area (Å²) in [6, 6.07) is 19.6. The maximum Gasteiger partial charge on any atom is 0.410 e. The SMILES string of the molecule is O=C(C1CCCN1C(=O)OCc1ccccc1)N1CCN(Cc2ccccc2)CC1. The Labute approximate surface area is 178 Å². The molecule has 1 atom stereocenters. The maximum atomic E-state index is 13.1. The summed E-state index contributed by atoms with van der Waals surface area (Å²) in [6.07, 6.45) is 1.16. The second-order valence-electron chi connectivity index (χ2n) is 7.98. The molecule has 2 saturated heterocycles. The van der Waals surface area contributed by atoms with Crippen molar-refractivity contribution in [2.45, 2.75) is 32.0 Å². The van der Waals surface area contributed by atoms with Gasteiger partial charge in [0.1, 0.15) is 12.6 Å². The highest BCUT2D eigenvalue weighted by molar-refractivity contribution is 5.86. The van der Waals surface area contributed by atoms with E-state index in [2.05, 4.69) is 29.2 Å². The van der Waals surface area contributed by atoms with Gasteiger partial charge >= 0.3 is 6.09 Å². The molecule has 30 heavy (non-hydrogen) atoms. The van der Waals surface area contributed by atoms with Crippen LogP contribution in [0.15, 0.2) is 60.7 Å². The lowest BCUT2D eigenvalue weighted by molar-refractivity contribution is -0.137. The molecule has 6 nitrogen and oxygen atoms in total. The molecule has 4 rings (SSSR count). The lowest BCUT2D eigenvalue weighted by Gasteiger charge is -2.37. The van der Waals surface area contributed by atoms with Crippen molar-refractivity contribution in [1.82, 2.24) is 14.7 Å². The summed E-state index contributed by atoms with van der Waals surface area (Å²) in [5.41, 5.74) is 2.24. The van der Waals surface area contributed by atoms with Crippen LogP contribution in [0.25, 0.3) is 0 Å². The van der Waals surface area contributed by atoms with E-state index < -0.39 is 12.1 Å². The van der Waals surface area contributed by atoms with Crippen LogP contribution in [0.1, 0.15) is 24.0 Å². The molecule has 2 fully saturated rings. The Hall–Kier alpha value is -2.86. The van der Waals surface area contributed by atoms with Crippen LogP contribution >= 0.6 is 0 Å². The third-order valence-electron chi connectivity index (χ3n) is 5.91. The number of carbonyl (C=O) groups excluding carboxylic acids is 2. The first-order chi connectivity index (χ1) is 14.7. The van der Waals surface area contributed by atoms with Gasteiger partial charge in [0.25, 0.3) is 0 Å². The van der Waals surface area contributed by atoms with Gasteiger partial charge in [-0.25, -0.2) is 4.79 Å². The molecule has 0 spiro atoms. The van der Waals surface area contributed by atoms with Crippen molar-refractivity contribution in [3.8, 4) is 0 Å². The van der Waals surface area contributed by atoms with E-state index in [0.29, 0.717) is 26.1 Å². The van der Waals surface area contributed by atoms with Crippen molar-refractivity contribution in [1.29, 1.82) is 0 Å². The fourth-order valence-corrected chi connectivity index (χ4v) is 4.22. The molecule has 2 amide bonds. The van der Waals surface area contributed by atoms with E-state index in [9.17, 15) is 9.59 Å². The Morgan fingerprint density at radius 2 is 1.47 bits per heavy atom.